The second-order valence-electron chi connectivity index (χ2n) is 8.78. The molecular formula is C24H30BrN3O5. The molecule has 3 rings (SSSR count). The largest absolute Gasteiger partial charge is 0.493 e. The molecule has 0 saturated carbocycles. The Balaban J connectivity index is 0.00000385. The number of hydrogen-bond acceptors (Lipinski definition) is 6. The number of hydrogen-bond donors (Lipinski definition) is 2. The van der Waals surface area contributed by atoms with Gasteiger partial charge in [0.2, 0.25) is 0 Å². The van der Waals surface area contributed by atoms with Crippen LogP contribution in [0.5, 0.6) is 11.5 Å². The van der Waals surface area contributed by atoms with Crippen LogP contribution in [0.25, 0.3) is 0 Å². The molecule has 178 valence electrons. The average molecular weight is 520 g/mol. The average Bonchev–Trinajstić information content (AvgIpc) is 3.05. The van der Waals surface area contributed by atoms with Crippen LogP contribution in [0.1, 0.15) is 60.6 Å². The molecule has 0 spiro atoms. The minimum Gasteiger partial charge on any atom is -0.493 e. The summed E-state index contributed by atoms with van der Waals surface area (Å²) < 4.78 is 10.9. The second kappa shape index (κ2) is 10.3. The number of carboxylic acids is 1. The van der Waals surface area contributed by atoms with Gasteiger partial charge in [-0.2, -0.15) is 0 Å². The second-order valence-corrected chi connectivity index (χ2v) is 8.78. The van der Waals surface area contributed by atoms with Crippen LogP contribution in [0.3, 0.4) is 0 Å². The van der Waals surface area contributed by atoms with Crippen LogP contribution < -0.4 is 9.47 Å². The van der Waals surface area contributed by atoms with Gasteiger partial charge in [-0.25, -0.2) is 9.78 Å². The first-order chi connectivity index (χ1) is 15.0. The Morgan fingerprint density at radius 1 is 1.24 bits per heavy atom. The van der Waals surface area contributed by atoms with Crippen molar-refractivity contribution in [2.24, 2.45) is 0 Å². The molecule has 1 aliphatic rings. The van der Waals surface area contributed by atoms with Gasteiger partial charge in [0.1, 0.15) is 11.5 Å². The van der Waals surface area contributed by atoms with E-state index in [-0.39, 0.29) is 46.3 Å². The smallest absolute Gasteiger partial charge is 0.341 e. The van der Waals surface area contributed by atoms with Crippen molar-refractivity contribution >= 4 is 34.6 Å². The summed E-state index contributed by atoms with van der Waals surface area (Å²) in [5, 5.41) is 17.5. The van der Waals surface area contributed by atoms with Crippen molar-refractivity contribution in [2.45, 2.75) is 46.1 Å². The van der Waals surface area contributed by atoms with Crippen molar-refractivity contribution in [2.75, 3.05) is 20.3 Å². The lowest BCUT2D eigenvalue weighted by atomic mass is 9.84. The van der Waals surface area contributed by atoms with Crippen LogP contribution in [0.4, 0.5) is 0 Å². The van der Waals surface area contributed by atoms with E-state index in [9.17, 15) is 9.59 Å². The van der Waals surface area contributed by atoms with Gasteiger partial charge in [0.05, 0.1) is 13.7 Å². The Bertz CT molecular complexity index is 1080. The highest BCUT2D eigenvalue weighted by Crippen LogP contribution is 2.40. The molecule has 8 nitrogen and oxygen atoms in total. The van der Waals surface area contributed by atoms with Gasteiger partial charge >= 0.3 is 5.97 Å². The van der Waals surface area contributed by atoms with Crippen LogP contribution in [0.2, 0.25) is 0 Å². The highest BCUT2D eigenvalue weighted by atomic mass is 79.9. The van der Waals surface area contributed by atoms with E-state index in [4.69, 9.17) is 20.0 Å². The van der Waals surface area contributed by atoms with Crippen LogP contribution in [0, 0.1) is 5.41 Å². The maximum absolute atomic E-state index is 13.2. The zero-order valence-corrected chi connectivity index (χ0v) is 21.2. The third-order valence-corrected chi connectivity index (χ3v) is 5.38. The number of benzene rings is 1. The van der Waals surface area contributed by atoms with Gasteiger partial charge in [-0.15, -0.1) is 17.0 Å². The van der Waals surface area contributed by atoms with Crippen LogP contribution in [-0.4, -0.2) is 52.8 Å². The van der Waals surface area contributed by atoms with Gasteiger partial charge < -0.3 is 19.5 Å². The number of pyridine rings is 1. The van der Waals surface area contributed by atoms with Gasteiger partial charge in [-0.1, -0.05) is 33.8 Å². The zero-order chi connectivity index (χ0) is 23.6. The first-order valence-electron chi connectivity index (χ1n) is 10.5. The standard InChI is InChI=1S/C24H29N3O5.BrH/c1-6-16-8-7-14-11-27(23(25)21(14)26-16)12-18(28)15-9-17(24(2,3)4)22(31-5)19(10-15)32-13-20(29)30;/h7-10,25H,6,11-13H2,1-5H3,(H,29,30);1H. The number of aliphatic carboxylic acids is 1. The van der Waals surface area contributed by atoms with E-state index in [1.807, 2.05) is 39.8 Å². The molecule has 0 radical (unpaired) electrons. The molecule has 0 amide bonds. The Morgan fingerprint density at radius 3 is 2.52 bits per heavy atom. The summed E-state index contributed by atoms with van der Waals surface area (Å²) in [7, 11) is 1.49. The van der Waals surface area contributed by atoms with Crippen molar-refractivity contribution in [3.8, 4) is 11.5 Å². The Labute approximate surface area is 204 Å². The predicted octanol–water partition coefficient (Wildman–Crippen LogP) is 4.02. The molecule has 1 aromatic carbocycles. The number of aryl methyl sites for hydroxylation is 1. The maximum Gasteiger partial charge on any atom is 0.341 e. The number of Topliss-reactive ketones (excluding diaryl/α,β-unsaturated/α-hetero) is 1. The van der Waals surface area contributed by atoms with E-state index in [0.29, 0.717) is 23.6 Å². The van der Waals surface area contributed by atoms with Crippen LogP contribution >= 0.6 is 17.0 Å². The molecule has 0 aliphatic carbocycles. The third-order valence-electron chi connectivity index (χ3n) is 5.38. The quantitative estimate of drug-likeness (QED) is 0.506. The highest BCUT2D eigenvalue weighted by Gasteiger charge is 2.30. The predicted molar refractivity (Wildman–Crippen MR) is 130 cm³/mol. The van der Waals surface area contributed by atoms with Crippen molar-refractivity contribution in [1.82, 2.24) is 9.88 Å². The van der Waals surface area contributed by atoms with Gasteiger partial charge in [0.15, 0.2) is 23.9 Å². The minimum absolute atomic E-state index is 0. The fourth-order valence-electron chi connectivity index (χ4n) is 3.67. The van der Waals surface area contributed by atoms with Gasteiger partial charge in [0.25, 0.3) is 0 Å². The molecule has 0 unspecified atom stereocenters. The lowest BCUT2D eigenvalue weighted by Crippen LogP contribution is -2.30. The third kappa shape index (κ3) is 5.71. The molecule has 1 aromatic heterocycles. The summed E-state index contributed by atoms with van der Waals surface area (Å²) in [6.45, 7) is 7.84. The summed E-state index contributed by atoms with van der Waals surface area (Å²) >= 11 is 0. The number of methoxy groups -OCH3 is 1. The summed E-state index contributed by atoms with van der Waals surface area (Å²) in [6, 6.07) is 7.18. The number of carbonyl (C=O) groups is 2. The van der Waals surface area contributed by atoms with Crippen molar-refractivity contribution < 1.29 is 24.2 Å². The van der Waals surface area contributed by atoms with E-state index < -0.39 is 12.6 Å². The highest BCUT2D eigenvalue weighted by molar-refractivity contribution is 8.93. The number of nitrogens with one attached hydrogen (secondary N) is 1. The zero-order valence-electron chi connectivity index (χ0n) is 19.5. The van der Waals surface area contributed by atoms with E-state index >= 15 is 0 Å². The number of ketones is 1. The number of halogens is 1. The van der Waals surface area contributed by atoms with Crippen molar-refractivity contribution in [1.29, 1.82) is 5.41 Å². The molecule has 2 heterocycles. The number of aromatic nitrogens is 1. The lowest BCUT2D eigenvalue weighted by molar-refractivity contribution is -0.139. The van der Waals surface area contributed by atoms with Crippen LogP contribution in [0.15, 0.2) is 24.3 Å². The number of carboxylic acid groups (broad SMARTS) is 1. The molecule has 33 heavy (non-hydrogen) atoms. The summed E-state index contributed by atoms with van der Waals surface area (Å²) in [5.41, 5.74) is 3.19. The fraction of sp³-hybridized carbons (Fsp3) is 0.417. The maximum atomic E-state index is 13.2. The monoisotopic (exact) mass is 519 g/mol. The molecule has 9 heteroatoms. The number of ether oxygens (including phenoxy) is 2. The Kier molecular flexibility index (Phi) is 8.24. The first-order valence-corrected chi connectivity index (χ1v) is 10.5. The number of rotatable bonds is 8. The molecule has 0 saturated heterocycles. The normalized spacial score (nSPS) is 12.8. The molecule has 0 fully saturated rings. The number of carbonyl (C=O) groups excluding carboxylic acids is 1. The SMILES string of the molecule is Br.CCc1ccc2c(n1)C(=N)N(CC(=O)c1cc(OCC(=O)O)c(OC)c(C(C)(C)C)c1)C2. The van der Waals surface area contributed by atoms with Crippen LogP contribution in [-0.2, 0) is 23.2 Å². The minimum atomic E-state index is -1.12. The van der Waals surface area contributed by atoms with E-state index in [2.05, 4.69) is 4.98 Å². The molecule has 0 atom stereocenters. The molecule has 2 aromatic rings. The number of nitrogens with zero attached hydrogens (tertiary/aromatic N) is 2. The van der Waals surface area contributed by atoms with Gasteiger partial charge in [-0.3, -0.25) is 10.2 Å². The van der Waals surface area contributed by atoms with Crippen molar-refractivity contribution in [3.05, 3.63) is 52.3 Å². The van der Waals surface area contributed by atoms with E-state index in [1.54, 1.807) is 11.0 Å². The summed E-state index contributed by atoms with van der Waals surface area (Å²) in [5.74, 6) is -0.474. The summed E-state index contributed by atoms with van der Waals surface area (Å²) in [4.78, 5) is 30.5. The Morgan fingerprint density at radius 2 is 1.94 bits per heavy atom. The molecular weight excluding hydrogens is 490 g/mol. The van der Waals surface area contributed by atoms with Gasteiger partial charge in [-0.05, 0) is 30.0 Å². The number of fused-ring (bicyclic) bond motifs is 1. The molecule has 2 N–H and O–H groups in total. The van der Waals surface area contributed by atoms with E-state index in [0.717, 1.165) is 23.2 Å². The number of amidine groups is 1. The first kappa shape index (κ1) is 26.3. The van der Waals surface area contributed by atoms with Crippen molar-refractivity contribution in [3.63, 3.8) is 0 Å². The Hall–Kier alpha value is -2.94. The lowest BCUT2D eigenvalue weighted by Gasteiger charge is -2.25. The topological polar surface area (TPSA) is 113 Å². The van der Waals surface area contributed by atoms with Gasteiger partial charge in [0, 0.05) is 28.9 Å². The van der Waals surface area contributed by atoms with E-state index in [1.165, 1.54) is 13.2 Å². The summed E-state index contributed by atoms with van der Waals surface area (Å²) in [6.07, 6.45) is 0.778. The molecule has 0 bridgehead atoms. The molecule has 1 aliphatic heterocycles. The fourth-order valence-corrected chi connectivity index (χ4v) is 3.67.